The van der Waals surface area contributed by atoms with Crippen molar-refractivity contribution < 1.29 is 4.74 Å². The van der Waals surface area contributed by atoms with Crippen LogP contribution in [0.15, 0.2) is 12.2 Å². The topological polar surface area (TPSA) is 9.23 Å². The van der Waals surface area contributed by atoms with Crippen LogP contribution in [0.4, 0.5) is 0 Å². The number of ether oxygens (including phenoxy) is 1. The van der Waals surface area contributed by atoms with E-state index < -0.39 is 0 Å². The molecule has 1 aliphatic rings. The molecular weight excluding hydrogens is 155 g/mol. The van der Waals surface area contributed by atoms with E-state index in [-0.39, 0.29) is 0 Å². The van der Waals surface area contributed by atoms with E-state index in [0.717, 1.165) is 12.1 Å². The highest BCUT2D eigenvalue weighted by atomic mass is 32.2. The van der Waals surface area contributed by atoms with Gasteiger partial charge in [-0.15, -0.1) is 0 Å². The van der Waals surface area contributed by atoms with Crippen LogP contribution >= 0.6 is 11.8 Å². The first-order chi connectivity index (χ1) is 5.36. The molecule has 62 valence electrons. The van der Waals surface area contributed by atoms with Crippen LogP contribution < -0.4 is 0 Å². The van der Waals surface area contributed by atoms with Crippen LogP contribution in [0, 0.1) is 0 Å². The molecule has 0 saturated carbocycles. The highest BCUT2D eigenvalue weighted by molar-refractivity contribution is 7.99. The molecule has 1 aliphatic heterocycles. The zero-order valence-electron chi connectivity index (χ0n) is 7.25. The lowest BCUT2D eigenvalue weighted by molar-refractivity contribution is 0.0456. The minimum atomic E-state index is 0.365. The Labute approximate surface area is 74.0 Å². The van der Waals surface area contributed by atoms with Crippen molar-refractivity contribution in [3.8, 4) is 0 Å². The molecule has 3 heteroatoms. The molecule has 2 atom stereocenters. The lowest BCUT2D eigenvalue weighted by Gasteiger charge is -2.27. The highest BCUT2D eigenvalue weighted by Gasteiger charge is 2.18. The molecule has 1 nitrogen and oxygen atoms in total. The van der Waals surface area contributed by atoms with E-state index in [2.05, 4.69) is 20.0 Å². The summed E-state index contributed by atoms with van der Waals surface area (Å²) >= 11 is 2.00. The molecule has 0 aromatic rings. The van der Waals surface area contributed by atoms with Gasteiger partial charge >= 0.3 is 0 Å². The molecule has 1 heterocycles. The third-order valence-electron chi connectivity index (χ3n) is 1.82. The van der Waals surface area contributed by atoms with Gasteiger partial charge in [0, 0.05) is 11.5 Å². The third kappa shape index (κ3) is 2.92. The Morgan fingerprint density at radius 1 is 1.64 bits per heavy atom. The predicted octanol–water partition coefficient (Wildman–Crippen LogP) is 1.11. The van der Waals surface area contributed by atoms with E-state index in [1.165, 1.54) is 5.75 Å². The van der Waals surface area contributed by atoms with Crippen molar-refractivity contribution in [1.29, 1.82) is 0 Å². The van der Waals surface area contributed by atoms with Gasteiger partial charge in [-0.05, 0) is 6.92 Å². The maximum atomic E-state index is 5.77. The second kappa shape index (κ2) is 4.89. The first-order valence-corrected chi connectivity index (χ1v) is 5.38. The molecule has 0 spiro atoms. The minimum Gasteiger partial charge on any atom is -0.370 e. The van der Waals surface area contributed by atoms with E-state index in [4.69, 9.17) is 4.74 Å². The van der Waals surface area contributed by atoms with E-state index in [0.29, 0.717) is 12.2 Å². The molecule has 0 aliphatic carbocycles. The van der Waals surface area contributed by atoms with Gasteiger partial charge in [0.1, 0.15) is 7.85 Å². The van der Waals surface area contributed by atoms with Crippen LogP contribution in [-0.4, -0.2) is 31.6 Å². The Hall–Kier alpha value is 0.115. The Morgan fingerprint density at radius 3 is 3.09 bits per heavy atom. The molecule has 0 N–H and O–H groups in total. The smallest absolute Gasteiger partial charge is 0.104 e. The van der Waals surface area contributed by atoms with E-state index in [1.807, 2.05) is 18.7 Å². The molecule has 0 bridgehead atoms. The SMILES string of the molecule is BC[C@@H]1CSC[C@H](/C=C/C)O1. The van der Waals surface area contributed by atoms with Crippen molar-refractivity contribution in [2.45, 2.75) is 25.5 Å². The van der Waals surface area contributed by atoms with Crippen LogP contribution in [0.2, 0.25) is 6.32 Å². The summed E-state index contributed by atoms with van der Waals surface area (Å²) in [5, 5.41) is 0. The molecule has 0 amide bonds. The molecule has 0 radical (unpaired) electrons. The monoisotopic (exact) mass is 170 g/mol. The first kappa shape index (κ1) is 9.20. The Morgan fingerprint density at radius 2 is 2.45 bits per heavy atom. The summed E-state index contributed by atoms with van der Waals surface area (Å²) in [6.07, 6.45) is 6.21. The third-order valence-corrected chi connectivity index (χ3v) is 2.99. The van der Waals surface area contributed by atoms with Gasteiger partial charge in [0.25, 0.3) is 0 Å². The fourth-order valence-electron chi connectivity index (χ4n) is 1.17. The normalized spacial score (nSPS) is 32.8. The van der Waals surface area contributed by atoms with Gasteiger partial charge in [-0.1, -0.05) is 18.5 Å². The molecule has 1 fully saturated rings. The van der Waals surface area contributed by atoms with E-state index >= 15 is 0 Å². The molecule has 0 aromatic heterocycles. The molecule has 1 rings (SSSR count). The number of allylic oxidation sites excluding steroid dienone is 1. The summed E-state index contributed by atoms with van der Waals surface area (Å²) in [6, 6.07) is 0. The average Bonchev–Trinajstić information content (AvgIpc) is 2.06. The summed E-state index contributed by atoms with van der Waals surface area (Å²) in [4.78, 5) is 0. The Balaban J connectivity index is 2.33. The predicted molar refractivity (Wildman–Crippen MR) is 54.2 cm³/mol. The fourth-order valence-corrected chi connectivity index (χ4v) is 2.31. The van der Waals surface area contributed by atoms with Gasteiger partial charge in [-0.3, -0.25) is 0 Å². The molecule has 0 aromatic carbocycles. The van der Waals surface area contributed by atoms with Gasteiger partial charge in [0.05, 0.1) is 12.2 Å². The number of hydrogen-bond donors (Lipinski definition) is 0. The van der Waals surface area contributed by atoms with Gasteiger partial charge in [0.15, 0.2) is 0 Å². The second-order valence-corrected chi connectivity index (χ2v) is 3.84. The maximum Gasteiger partial charge on any atom is 0.104 e. The van der Waals surface area contributed by atoms with Crippen LogP contribution in [0.25, 0.3) is 0 Å². The van der Waals surface area contributed by atoms with Gasteiger partial charge in [0.2, 0.25) is 0 Å². The largest absolute Gasteiger partial charge is 0.370 e. The summed E-state index contributed by atoms with van der Waals surface area (Å²) in [5.74, 6) is 2.30. The Kier molecular flexibility index (Phi) is 4.09. The van der Waals surface area contributed by atoms with E-state index in [9.17, 15) is 0 Å². The fraction of sp³-hybridized carbons (Fsp3) is 0.750. The second-order valence-electron chi connectivity index (χ2n) is 2.77. The number of rotatable bonds is 2. The lowest BCUT2D eigenvalue weighted by Crippen LogP contribution is -2.29. The summed E-state index contributed by atoms with van der Waals surface area (Å²) < 4.78 is 5.77. The number of hydrogen-bond acceptors (Lipinski definition) is 2. The standard InChI is InChI=1S/C8H15BOS/c1-2-3-7-5-11-6-8(4-9)10-7/h2-3,7-8H,4-6,9H2,1H3/b3-2+/t7-,8+/m0/s1. The van der Waals surface area contributed by atoms with Gasteiger partial charge in [-0.2, -0.15) is 11.8 Å². The van der Waals surface area contributed by atoms with Crippen molar-refractivity contribution in [2.75, 3.05) is 11.5 Å². The molecule has 11 heavy (non-hydrogen) atoms. The Bertz CT molecular complexity index is 138. The minimum absolute atomic E-state index is 0.365. The van der Waals surface area contributed by atoms with Crippen molar-refractivity contribution in [1.82, 2.24) is 0 Å². The summed E-state index contributed by atoms with van der Waals surface area (Å²) in [7, 11) is 2.18. The zero-order chi connectivity index (χ0) is 8.10. The first-order valence-electron chi connectivity index (χ1n) is 4.22. The van der Waals surface area contributed by atoms with Gasteiger partial charge in [-0.25, -0.2) is 0 Å². The van der Waals surface area contributed by atoms with Crippen LogP contribution in [0.5, 0.6) is 0 Å². The van der Waals surface area contributed by atoms with Crippen molar-refractivity contribution >= 4 is 19.6 Å². The van der Waals surface area contributed by atoms with Crippen LogP contribution in [-0.2, 0) is 4.74 Å². The lowest BCUT2D eigenvalue weighted by atomic mass is 10.0. The highest BCUT2D eigenvalue weighted by Crippen LogP contribution is 2.20. The van der Waals surface area contributed by atoms with Crippen LogP contribution in [0.3, 0.4) is 0 Å². The molecular formula is C8H15BOS. The summed E-state index contributed by atoms with van der Waals surface area (Å²) in [6.45, 7) is 2.05. The van der Waals surface area contributed by atoms with Gasteiger partial charge < -0.3 is 4.74 Å². The maximum absolute atomic E-state index is 5.77. The van der Waals surface area contributed by atoms with Crippen molar-refractivity contribution in [3.63, 3.8) is 0 Å². The zero-order valence-corrected chi connectivity index (χ0v) is 8.06. The van der Waals surface area contributed by atoms with Crippen LogP contribution in [0.1, 0.15) is 6.92 Å². The molecule has 0 unspecified atom stereocenters. The number of thioether (sulfide) groups is 1. The van der Waals surface area contributed by atoms with Crippen molar-refractivity contribution in [2.24, 2.45) is 0 Å². The quantitative estimate of drug-likeness (QED) is 0.453. The van der Waals surface area contributed by atoms with Crippen molar-refractivity contribution in [3.05, 3.63) is 12.2 Å². The average molecular weight is 170 g/mol. The molecule has 1 saturated heterocycles. The summed E-state index contributed by atoms with van der Waals surface area (Å²) in [5.41, 5.74) is 0. The van der Waals surface area contributed by atoms with E-state index in [1.54, 1.807) is 0 Å².